The van der Waals surface area contributed by atoms with Gasteiger partial charge in [-0.15, -0.1) is 0 Å². The number of amides is 1. The van der Waals surface area contributed by atoms with Crippen LogP contribution in [0.25, 0.3) is 0 Å². The largest absolute Gasteiger partial charge is 0.508 e. The van der Waals surface area contributed by atoms with E-state index >= 15 is 0 Å². The van der Waals surface area contributed by atoms with Gasteiger partial charge in [-0.3, -0.25) is 4.79 Å². The number of anilines is 1. The minimum atomic E-state index is -2.62. The maximum atomic E-state index is 13.0. The molecule has 0 aromatic heterocycles. The molecule has 1 aromatic carbocycles. The van der Waals surface area contributed by atoms with Crippen molar-refractivity contribution in [2.75, 3.05) is 5.32 Å². The van der Waals surface area contributed by atoms with Gasteiger partial charge in [0.1, 0.15) is 5.75 Å². The summed E-state index contributed by atoms with van der Waals surface area (Å²) in [5.41, 5.74) is 1.36. The third-order valence-electron chi connectivity index (χ3n) is 3.56. The average molecular weight is 269 g/mol. The quantitative estimate of drug-likeness (QED) is 0.808. The van der Waals surface area contributed by atoms with Gasteiger partial charge in [0, 0.05) is 24.4 Å². The molecule has 0 spiro atoms. The van der Waals surface area contributed by atoms with Crippen molar-refractivity contribution < 1.29 is 18.7 Å². The van der Waals surface area contributed by atoms with Crippen molar-refractivity contribution in [1.82, 2.24) is 0 Å². The van der Waals surface area contributed by atoms with E-state index in [1.807, 2.05) is 0 Å². The Morgan fingerprint density at radius 1 is 1.37 bits per heavy atom. The van der Waals surface area contributed by atoms with Crippen molar-refractivity contribution in [3.8, 4) is 5.75 Å². The summed E-state index contributed by atoms with van der Waals surface area (Å²) >= 11 is 0. The molecule has 5 heteroatoms. The van der Waals surface area contributed by atoms with Crippen LogP contribution >= 0.6 is 0 Å². The minimum absolute atomic E-state index is 0.132. The van der Waals surface area contributed by atoms with E-state index in [1.165, 1.54) is 6.07 Å². The molecule has 1 aliphatic carbocycles. The lowest BCUT2D eigenvalue weighted by atomic mass is 9.86. The second kappa shape index (κ2) is 5.15. The number of carbonyl (C=O) groups excluding carboxylic acids is 1. The highest BCUT2D eigenvalue weighted by atomic mass is 19.3. The lowest BCUT2D eigenvalue weighted by Gasteiger charge is -2.27. The third kappa shape index (κ3) is 3.43. The molecule has 3 nitrogen and oxygen atoms in total. The van der Waals surface area contributed by atoms with Crippen molar-refractivity contribution in [2.24, 2.45) is 5.92 Å². The van der Waals surface area contributed by atoms with Gasteiger partial charge in [-0.1, -0.05) is 0 Å². The first kappa shape index (κ1) is 13.8. The lowest BCUT2D eigenvalue weighted by Crippen LogP contribution is -2.31. The number of hydrogen-bond donors (Lipinski definition) is 2. The Labute approximate surface area is 110 Å². The molecule has 0 atom stereocenters. The molecule has 0 heterocycles. The van der Waals surface area contributed by atoms with Gasteiger partial charge in [0.05, 0.1) is 0 Å². The van der Waals surface area contributed by atoms with Gasteiger partial charge in [-0.2, -0.15) is 0 Å². The minimum Gasteiger partial charge on any atom is -0.508 e. The maximum absolute atomic E-state index is 13.0. The summed E-state index contributed by atoms with van der Waals surface area (Å²) in [5, 5.41) is 12.0. The van der Waals surface area contributed by atoms with Crippen LogP contribution in [0.15, 0.2) is 18.2 Å². The van der Waals surface area contributed by atoms with Crippen molar-refractivity contribution in [2.45, 2.75) is 38.5 Å². The molecular weight excluding hydrogens is 252 g/mol. The monoisotopic (exact) mass is 269 g/mol. The molecule has 0 bridgehead atoms. The highest BCUT2D eigenvalue weighted by Gasteiger charge is 2.37. The number of nitrogens with one attached hydrogen (secondary N) is 1. The first-order chi connectivity index (χ1) is 8.87. The third-order valence-corrected chi connectivity index (χ3v) is 3.56. The Morgan fingerprint density at radius 3 is 2.58 bits per heavy atom. The first-order valence-corrected chi connectivity index (χ1v) is 6.36. The number of alkyl halides is 2. The van der Waals surface area contributed by atoms with Crippen LogP contribution in [0.5, 0.6) is 5.75 Å². The van der Waals surface area contributed by atoms with Gasteiger partial charge >= 0.3 is 0 Å². The second-order valence-electron chi connectivity index (χ2n) is 5.12. The number of halogens is 2. The van der Waals surface area contributed by atoms with Crippen LogP contribution in [0.4, 0.5) is 14.5 Å². The van der Waals surface area contributed by atoms with E-state index < -0.39 is 5.92 Å². The standard InChI is InChI=1S/C14H17F2NO2/c1-9-8-11(18)2-3-12(9)17-13(19)10-4-6-14(15,16)7-5-10/h2-3,8,10,18H,4-7H2,1H3,(H,17,19). The predicted molar refractivity (Wildman–Crippen MR) is 68.4 cm³/mol. The number of hydrogen-bond acceptors (Lipinski definition) is 2. The Bertz CT molecular complexity index is 478. The van der Waals surface area contributed by atoms with Gasteiger partial charge in [-0.05, 0) is 43.5 Å². The number of aromatic hydroxyl groups is 1. The van der Waals surface area contributed by atoms with Crippen LogP contribution in [0.2, 0.25) is 0 Å². The SMILES string of the molecule is Cc1cc(O)ccc1NC(=O)C1CCC(F)(F)CC1. The van der Waals surface area contributed by atoms with E-state index in [4.69, 9.17) is 0 Å². The zero-order chi connectivity index (χ0) is 14.0. The molecule has 104 valence electrons. The normalized spacial score (nSPS) is 19.1. The molecule has 0 saturated heterocycles. The second-order valence-corrected chi connectivity index (χ2v) is 5.12. The zero-order valence-electron chi connectivity index (χ0n) is 10.7. The van der Waals surface area contributed by atoms with Crippen LogP contribution in [0, 0.1) is 12.8 Å². The van der Waals surface area contributed by atoms with Gasteiger partial charge in [0.25, 0.3) is 0 Å². The summed E-state index contributed by atoms with van der Waals surface area (Å²) in [6, 6.07) is 4.64. The summed E-state index contributed by atoms with van der Waals surface area (Å²) < 4.78 is 26.0. The number of phenols is 1. The Kier molecular flexibility index (Phi) is 3.73. The highest BCUT2D eigenvalue weighted by Crippen LogP contribution is 2.36. The molecule has 0 unspecified atom stereocenters. The maximum Gasteiger partial charge on any atom is 0.248 e. The molecule has 2 N–H and O–H groups in total. The van der Waals surface area contributed by atoms with E-state index in [9.17, 15) is 18.7 Å². The van der Waals surface area contributed by atoms with Gasteiger partial charge in [-0.25, -0.2) is 8.78 Å². The highest BCUT2D eigenvalue weighted by molar-refractivity contribution is 5.93. The molecule has 0 aliphatic heterocycles. The predicted octanol–water partition coefficient (Wildman–Crippen LogP) is 3.46. The molecular formula is C14H17F2NO2. The fourth-order valence-corrected chi connectivity index (χ4v) is 2.33. The number of benzene rings is 1. The fraction of sp³-hybridized carbons (Fsp3) is 0.500. The zero-order valence-corrected chi connectivity index (χ0v) is 10.7. The molecule has 2 rings (SSSR count). The molecule has 1 aromatic rings. The summed E-state index contributed by atoms with van der Waals surface area (Å²) in [6.45, 7) is 1.77. The summed E-state index contributed by atoms with van der Waals surface area (Å²) in [6.07, 6.45) is -0.00871. The van der Waals surface area contributed by atoms with E-state index in [0.29, 0.717) is 5.69 Å². The van der Waals surface area contributed by atoms with Crippen molar-refractivity contribution in [3.05, 3.63) is 23.8 Å². The Balaban J connectivity index is 1.98. The van der Waals surface area contributed by atoms with Gasteiger partial charge in [0.2, 0.25) is 11.8 Å². The number of carbonyl (C=O) groups is 1. The summed E-state index contributed by atoms with van der Waals surface area (Å²) in [4.78, 5) is 12.0. The fourth-order valence-electron chi connectivity index (χ4n) is 2.33. The average Bonchev–Trinajstić information content (AvgIpc) is 2.32. The molecule has 1 fully saturated rings. The lowest BCUT2D eigenvalue weighted by molar-refractivity contribution is -0.124. The van der Waals surface area contributed by atoms with Crippen LogP contribution in [0.3, 0.4) is 0 Å². The van der Waals surface area contributed by atoms with Crippen LogP contribution in [-0.4, -0.2) is 16.9 Å². The van der Waals surface area contributed by atoms with Gasteiger partial charge < -0.3 is 10.4 Å². The number of aryl methyl sites for hydroxylation is 1. The molecule has 1 saturated carbocycles. The van der Waals surface area contributed by atoms with E-state index in [-0.39, 0.29) is 43.3 Å². The number of rotatable bonds is 2. The molecule has 1 aliphatic rings. The van der Waals surface area contributed by atoms with E-state index in [0.717, 1.165) is 5.56 Å². The smallest absolute Gasteiger partial charge is 0.248 e. The topological polar surface area (TPSA) is 49.3 Å². The Morgan fingerprint density at radius 2 is 2.00 bits per heavy atom. The van der Waals surface area contributed by atoms with E-state index in [1.54, 1.807) is 19.1 Å². The van der Waals surface area contributed by atoms with Crippen LogP contribution < -0.4 is 5.32 Å². The number of phenolic OH excluding ortho intramolecular Hbond substituents is 1. The van der Waals surface area contributed by atoms with Crippen molar-refractivity contribution in [1.29, 1.82) is 0 Å². The molecule has 0 radical (unpaired) electrons. The van der Waals surface area contributed by atoms with E-state index in [2.05, 4.69) is 5.32 Å². The van der Waals surface area contributed by atoms with Crippen molar-refractivity contribution in [3.63, 3.8) is 0 Å². The summed E-state index contributed by atoms with van der Waals surface area (Å²) in [5.74, 6) is -3.06. The molecule has 19 heavy (non-hydrogen) atoms. The molecule has 1 amide bonds. The summed E-state index contributed by atoms with van der Waals surface area (Å²) in [7, 11) is 0. The first-order valence-electron chi connectivity index (χ1n) is 6.36. The Hall–Kier alpha value is -1.65. The van der Waals surface area contributed by atoms with Crippen LogP contribution in [0.1, 0.15) is 31.2 Å². The van der Waals surface area contributed by atoms with Crippen LogP contribution in [-0.2, 0) is 4.79 Å². The van der Waals surface area contributed by atoms with Crippen molar-refractivity contribution >= 4 is 11.6 Å². The van der Waals surface area contributed by atoms with Gasteiger partial charge in [0.15, 0.2) is 0 Å².